The summed E-state index contributed by atoms with van der Waals surface area (Å²) in [6, 6.07) is 1.95. The second kappa shape index (κ2) is 3.14. The summed E-state index contributed by atoms with van der Waals surface area (Å²) < 4.78 is 0. The van der Waals surface area contributed by atoms with Crippen molar-refractivity contribution in [2.45, 2.75) is 32.6 Å². The standard InChI is InChI=1S/C9H13NO2/c1-7-3-2-4-9(5-7,6-10)8(11)12/h7H,2-5H2,1H3,(H,11,12). The molecule has 0 saturated heterocycles. The predicted molar refractivity (Wildman–Crippen MR) is 43.3 cm³/mol. The molecule has 0 aromatic heterocycles. The van der Waals surface area contributed by atoms with Crippen LogP contribution in [-0.4, -0.2) is 11.1 Å². The van der Waals surface area contributed by atoms with Gasteiger partial charge in [0.15, 0.2) is 5.41 Å². The minimum absolute atomic E-state index is 0.370. The van der Waals surface area contributed by atoms with Gasteiger partial charge in [-0.25, -0.2) is 0 Å². The van der Waals surface area contributed by atoms with Crippen LogP contribution in [0.3, 0.4) is 0 Å². The van der Waals surface area contributed by atoms with Crippen molar-refractivity contribution in [1.82, 2.24) is 0 Å². The molecule has 3 nitrogen and oxygen atoms in total. The molecule has 2 unspecified atom stereocenters. The molecular formula is C9H13NO2. The molecule has 1 rings (SSSR count). The number of nitrogens with zero attached hydrogens (tertiary/aromatic N) is 1. The number of carbonyl (C=O) groups is 1. The van der Waals surface area contributed by atoms with Crippen molar-refractivity contribution in [3.63, 3.8) is 0 Å². The number of nitriles is 1. The maximum absolute atomic E-state index is 10.8. The lowest BCUT2D eigenvalue weighted by molar-refractivity contribution is -0.147. The quantitative estimate of drug-likeness (QED) is 0.647. The van der Waals surface area contributed by atoms with Crippen molar-refractivity contribution in [2.24, 2.45) is 11.3 Å². The van der Waals surface area contributed by atoms with E-state index in [4.69, 9.17) is 10.4 Å². The van der Waals surface area contributed by atoms with E-state index in [0.29, 0.717) is 18.8 Å². The van der Waals surface area contributed by atoms with Gasteiger partial charge in [-0.1, -0.05) is 19.8 Å². The first-order chi connectivity index (χ1) is 5.60. The maximum Gasteiger partial charge on any atom is 0.324 e. The average molecular weight is 167 g/mol. The lowest BCUT2D eigenvalue weighted by Gasteiger charge is -2.30. The Balaban J connectivity index is 2.80. The third-order valence-corrected chi connectivity index (χ3v) is 2.62. The molecule has 0 aromatic carbocycles. The molecule has 0 heterocycles. The van der Waals surface area contributed by atoms with Gasteiger partial charge in [0, 0.05) is 0 Å². The summed E-state index contributed by atoms with van der Waals surface area (Å²) in [5, 5.41) is 17.7. The van der Waals surface area contributed by atoms with E-state index in [-0.39, 0.29) is 0 Å². The third-order valence-electron chi connectivity index (χ3n) is 2.62. The van der Waals surface area contributed by atoms with Crippen molar-refractivity contribution >= 4 is 5.97 Å². The van der Waals surface area contributed by atoms with Gasteiger partial charge in [0.2, 0.25) is 0 Å². The van der Waals surface area contributed by atoms with E-state index in [1.165, 1.54) is 0 Å². The van der Waals surface area contributed by atoms with Gasteiger partial charge in [-0.15, -0.1) is 0 Å². The van der Waals surface area contributed by atoms with Gasteiger partial charge >= 0.3 is 5.97 Å². The number of rotatable bonds is 1. The molecule has 1 N–H and O–H groups in total. The average Bonchev–Trinajstić information content (AvgIpc) is 2.04. The van der Waals surface area contributed by atoms with Crippen LogP contribution in [0.1, 0.15) is 32.6 Å². The highest BCUT2D eigenvalue weighted by molar-refractivity contribution is 5.78. The fraction of sp³-hybridized carbons (Fsp3) is 0.778. The first kappa shape index (κ1) is 9.05. The zero-order valence-electron chi connectivity index (χ0n) is 7.21. The highest BCUT2D eigenvalue weighted by Crippen LogP contribution is 2.38. The Hall–Kier alpha value is -1.04. The van der Waals surface area contributed by atoms with Gasteiger partial charge in [-0.3, -0.25) is 4.79 Å². The monoisotopic (exact) mass is 167 g/mol. The number of carboxylic acid groups (broad SMARTS) is 1. The van der Waals surface area contributed by atoms with Crippen LogP contribution in [-0.2, 0) is 4.79 Å². The number of hydrogen-bond donors (Lipinski definition) is 1. The normalized spacial score (nSPS) is 35.5. The van der Waals surface area contributed by atoms with Crippen molar-refractivity contribution < 1.29 is 9.90 Å². The van der Waals surface area contributed by atoms with Crippen LogP contribution in [0.25, 0.3) is 0 Å². The van der Waals surface area contributed by atoms with Crippen LogP contribution in [0.15, 0.2) is 0 Å². The lowest BCUT2D eigenvalue weighted by atomic mass is 9.71. The Bertz CT molecular complexity index is 231. The summed E-state index contributed by atoms with van der Waals surface area (Å²) in [6.07, 6.45) is 2.94. The molecule has 3 heteroatoms. The van der Waals surface area contributed by atoms with Crippen LogP contribution < -0.4 is 0 Å². The van der Waals surface area contributed by atoms with Crippen LogP contribution in [0.2, 0.25) is 0 Å². The number of carboxylic acids is 1. The van der Waals surface area contributed by atoms with Gasteiger partial charge in [0.05, 0.1) is 6.07 Å². The molecule has 0 amide bonds. The van der Waals surface area contributed by atoms with Crippen molar-refractivity contribution in [3.8, 4) is 6.07 Å². The van der Waals surface area contributed by atoms with E-state index in [0.717, 1.165) is 12.8 Å². The Morgan fingerprint density at radius 3 is 2.75 bits per heavy atom. The molecule has 12 heavy (non-hydrogen) atoms. The Labute approximate surface area is 72.0 Å². The van der Waals surface area contributed by atoms with Gasteiger partial charge in [-0.05, 0) is 18.8 Å². The molecule has 0 aliphatic heterocycles. The smallest absolute Gasteiger partial charge is 0.324 e. The summed E-state index contributed by atoms with van der Waals surface area (Å²) in [6.45, 7) is 2.01. The van der Waals surface area contributed by atoms with Crippen LogP contribution in [0, 0.1) is 22.7 Å². The lowest BCUT2D eigenvalue weighted by Crippen LogP contribution is -2.34. The summed E-state index contributed by atoms with van der Waals surface area (Å²) >= 11 is 0. The molecule has 0 aromatic rings. The van der Waals surface area contributed by atoms with Crippen molar-refractivity contribution in [3.05, 3.63) is 0 Å². The molecular weight excluding hydrogens is 154 g/mol. The molecule has 1 aliphatic rings. The minimum atomic E-state index is -1.09. The topological polar surface area (TPSA) is 61.1 Å². The zero-order valence-corrected chi connectivity index (χ0v) is 7.21. The van der Waals surface area contributed by atoms with E-state index in [1.54, 1.807) is 0 Å². The summed E-state index contributed by atoms with van der Waals surface area (Å²) in [4.78, 5) is 10.8. The Morgan fingerprint density at radius 1 is 1.75 bits per heavy atom. The van der Waals surface area contributed by atoms with E-state index in [9.17, 15) is 4.79 Å². The van der Waals surface area contributed by atoms with Crippen LogP contribution in [0.5, 0.6) is 0 Å². The highest BCUT2D eigenvalue weighted by Gasteiger charge is 2.42. The highest BCUT2D eigenvalue weighted by atomic mass is 16.4. The number of aliphatic carboxylic acids is 1. The fourth-order valence-electron chi connectivity index (χ4n) is 1.89. The summed E-state index contributed by atoms with van der Waals surface area (Å²) in [5.74, 6) is -0.578. The van der Waals surface area contributed by atoms with Gasteiger partial charge in [-0.2, -0.15) is 5.26 Å². The van der Waals surface area contributed by atoms with E-state index in [1.807, 2.05) is 13.0 Å². The molecule has 1 fully saturated rings. The van der Waals surface area contributed by atoms with Crippen LogP contribution in [0.4, 0.5) is 0 Å². The van der Waals surface area contributed by atoms with Crippen molar-refractivity contribution in [1.29, 1.82) is 5.26 Å². The predicted octanol–water partition coefficient (Wildman–Crippen LogP) is 1.79. The molecule has 0 radical (unpaired) electrons. The van der Waals surface area contributed by atoms with E-state index < -0.39 is 11.4 Å². The Morgan fingerprint density at radius 2 is 2.42 bits per heavy atom. The van der Waals surface area contributed by atoms with Gasteiger partial charge in [0.1, 0.15) is 0 Å². The molecule has 1 aliphatic carbocycles. The third kappa shape index (κ3) is 1.42. The molecule has 1 saturated carbocycles. The van der Waals surface area contributed by atoms with Gasteiger partial charge in [0.25, 0.3) is 0 Å². The first-order valence-electron chi connectivity index (χ1n) is 4.25. The molecule has 0 spiro atoms. The first-order valence-corrected chi connectivity index (χ1v) is 4.25. The van der Waals surface area contributed by atoms with Gasteiger partial charge < -0.3 is 5.11 Å². The second-order valence-electron chi connectivity index (χ2n) is 3.70. The van der Waals surface area contributed by atoms with Crippen molar-refractivity contribution in [2.75, 3.05) is 0 Å². The zero-order chi connectivity index (χ0) is 9.19. The fourth-order valence-corrected chi connectivity index (χ4v) is 1.89. The second-order valence-corrected chi connectivity index (χ2v) is 3.70. The maximum atomic E-state index is 10.8. The summed E-state index contributed by atoms with van der Waals surface area (Å²) in [5.41, 5.74) is -1.09. The largest absolute Gasteiger partial charge is 0.480 e. The summed E-state index contributed by atoms with van der Waals surface area (Å²) in [7, 11) is 0. The van der Waals surface area contributed by atoms with Crippen LogP contribution >= 0.6 is 0 Å². The molecule has 0 bridgehead atoms. The minimum Gasteiger partial charge on any atom is -0.480 e. The van der Waals surface area contributed by atoms with E-state index >= 15 is 0 Å². The van der Waals surface area contributed by atoms with E-state index in [2.05, 4.69) is 0 Å². The SMILES string of the molecule is CC1CCCC(C#N)(C(=O)O)C1. The Kier molecular flexibility index (Phi) is 2.37. The molecule has 2 atom stereocenters. The molecule has 66 valence electrons. The number of hydrogen-bond acceptors (Lipinski definition) is 2.